The standard InChI is InChI=1S/C33H43N3O6S2/c1-8-28(32(38)34-33(3,4)5)35(22-24-14-16-25(41-6)17-15-24)31(37)23-36(29-12-10-11-13-30(29)42-9-2)44(39,40)27-20-18-26(43-7)19-21-27/h10-21,28H,8-9,22-23H2,1-7H3,(H,34,38)/t28-/m1/s1. The summed E-state index contributed by atoms with van der Waals surface area (Å²) < 4.78 is 40.6. The summed E-state index contributed by atoms with van der Waals surface area (Å²) in [6.07, 6.45) is 2.23. The zero-order valence-corrected chi connectivity index (χ0v) is 28.1. The monoisotopic (exact) mass is 641 g/mol. The van der Waals surface area contributed by atoms with Crippen LogP contribution >= 0.6 is 11.8 Å². The maximum absolute atomic E-state index is 14.3. The van der Waals surface area contributed by atoms with E-state index in [2.05, 4.69) is 5.32 Å². The van der Waals surface area contributed by atoms with Crippen molar-refractivity contribution in [2.45, 2.75) is 69.0 Å². The number of anilines is 1. The van der Waals surface area contributed by atoms with Gasteiger partial charge in [0.15, 0.2) is 0 Å². The second kappa shape index (κ2) is 15.3. The molecule has 1 atom stereocenters. The molecule has 3 rings (SSSR count). The molecule has 0 spiro atoms. The molecule has 2 amide bonds. The molecule has 3 aromatic carbocycles. The molecule has 44 heavy (non-hydrogen) atoms. The van der Waals surface area contributed by atoms with E-state index in [0.29, 0.717) is 24.5 Å². The Hall–Kier alpha value is -3.70. The van der Waals surface area contributed by atoms with Crippen LogP contribution in [0.1, 0.15) is 46.6 Å². The van der Waals surface area contributed by atoms with Gasteiger partial charge in [-0.1, -0.05) is 31.2 Å². The van der Waals surface area contributed by atoms with E-state index in [4.69, 9.17) is 9.47 Å². The molecule has 0 unspecified atom stereocenters. The lowest BCUT2D eigenvalue weighted by Crippen LogP contribution is -2.55. The smallest absolute Gasteiger partial charge is 0.264 e. The fourth-order valence-corrected chi connectivity index (χ4v) is 6.46. The highest BCUT2D eigenvalue weighted by Crippen LogP contribution is 2.33. The summed E-state index contributed by atoms with van der Waals surface area (Å²) >= 11 is 1.50. The molecule has 0 aromatic heterocycles. The van der Waals surface area contributed by atoms with E-state index < -0.39 is 34.1 Å². The first-order valence-electron chi connectivity index (χ1n) is 14.5. The maximum atomic E-state index is 14.3. The van der Waals surface area contributed by atoms with Crippen molar-refractivity contribution in [2.24, 2.45) is 0 Å². The highest BCUT2D eigenvalue weighted by molar-refractivity contribution is 7.98. The molecule has 0 bridgehead atoms. The number of thioether (sulfide) groups is 1. The third-order valence-electron chi connectivity index (χ3n) is 6.76. The van der Waals surface area contributed by atoms with Crippen molar-refractivity contribution in [2.75, 3.05) is 30.8 Å². The van der Waals surface area contributed by atoms with E-state index in [1.165, 1.54) is 28.8 Å². The number of hydrogen-bond acceptors (Lipinski definition) is 7. The normalized spacial score (nSPS) is 12.2. The molecule has 0 aliphatic rings. The quantitative estimate of drug-likeness (QED) is 0.224. The Kier molecular flexibility index (Phi) is 12.1. The van der Waals surface area contributed by atoms with Gasteiger partial charge in [0.2, 0.25) is 11.8 Å². The van der Waals surface area contributed by atoms with E-state index in [1.807, 2.05) is 46.1 Å². The Labute approximate surface area is 266 Å². The van der Waals surface area contributed by atoms with Crippen LogP contribution in [0, 0.1) is 0 Å². The molecule has 0 saturated heterocycles. The highest BCUT2D eigenvalue weighted by atomic mass is 32.2. The third kappa shape index (κ3) is 8.92. The highest BCUT2D eigenvalue weighted by Gasteiger charge is 2.35. The van der Waals surface area contributed by atoms with Gasteiger partial charge in [-0.05, 0) is 94.5 Å². The number of hydrogen-bond donors (Lipinski definition) is 1. The maximum Gasteiger partial charge on any atom is 0.264 e. The number of ether oxygens (including phenoxy) is 2. The lowest BCUT2D eigenvalue weighted by atomic mass is 10.1. The molecule has 0 fully saturated rings. The van der Waals surface area contributed by atoms with Gasteiger partial charge < -0.3 is 19.7 Å². The Morgan fingerprint density at radius 1 is 0.955 bits per heavy atom. The summed E-state index contributed by atoms with van der Waals surface area (Å²) in [6.45, 7) is 9.08. The topological polar surface area (TPSA) is 105 Å². The van der Waals surface area contributed by atoms with Crippen LogP contribution in [-0.2, 0) is 26.2 Å². The van der Waals surface area contributed by atoms with E-state index in [9.17, 15) is 18.0 Å². The number of benzene rings is 3. The fourth-order valence-electron chi connectivity index (χ4n) is 4.63. The summed E-state index contributed by atoms with van der Waals surface area (Å²) in [5.41, 5.74) is 0.458. The minimum absolute atomic E-state index is 0.0358. The van der Waals surface area contributed by atoms with Crippen molar-refractivity contribution < 1.29 is 27.5 Å². The molecule has 238 valence electrons. The lowest BCUT2D eigenvalue weighted by Gasteiger charge is -2.35. The molecule has 0 radical (unpaired) electrons. The molecule has 0 aliphatic carbocycles. The average molecular weight is 642 g/mol. The minimum atomic E-state index is -4.23. The predicted molar refractivity (Wildman–Crippen MR) is 176 cm³/mol. The summed E-state index contributed by atoms with van der Waals surface area (Å²) in [7, 11) is -2.66. The lowest BCUT2D eigenvalue weighted by molar-refractivity contribution is -0.141. The first-order chi connectivity index (χ1) is 20.8. The van der Waals surface area contributed by atoms with Crippen molar-refractivity contribution >= 4 is 39.3 Å². The van der Waals surface area contributed by atoms with Gasteiger partial charge in [-0.3, -0.25) is 13.9 Å². The summed E-state index contributed by atoms with van der Waals surface area (Å²) in [4.78, 5) is 30.3. The van der Waals surface area contributed by atoms with E-state index in [0.717, 1.165) is 14.8 Å². The zero-order chi connectivity index (χ0) is 32.5. The van der Waals surface area contributed by atoms with Crippen molar-refractivity contribution in [1.82, 2.24) is 10.2 Å². The average Bonchev–Trinajstić information content (AvgIpc) is 2.99. The Morgan fingerprint density at radius 2 is 1.59 bits per heavy atom. The number of methoxy groups -OCH3 is 1. The van der Waals surface area contributed by atoms with Crippen LogP contribution in [0.4, 0.5) is 5.69 Å². The second-order valence-electron chi connectivity index (χ2n) is 11.1. The summed E-state index contributed by atoms with van der Waals surface area (Å²) in [5.74, 6) is 0.124. The summed E-state index contributed by atoms with van der Waals surface area (Å²) in [5, 5.41) is 2.98. The molecule has 11 heteroatoms. The van der Waals surface area contributed by atoms with E-state index >= 15 is 0 Å². The molecule has 9 nitrogen and oxygen atoms in total. The van der Waals surface area contributed by atoms with Gasteiger partial charge in [0, 0.05) is 17.0 Å². The van der Waals surface area contributed by atoms with Crippen LogP contribution in [0.3, 0.4) is 0 Å². The molecule has 0 aliphatic heterocycles. The third-order valence-corrected chi connectivity index (χ3v) is 9.27. The van der Waals surface area contributed by atoms with Crippen molar-refractivity contribution in [3.05, 3.63) is 78.4 Å². The number of rotatable bonds is 14. The van der Waals surface area contributed by atoms with Crippen LogP contribution < -0.4 is 19.1 Å². The molecular formula is C33H43N3O6S2. The van der Waals surface area contributed by atoms with Crippen LogP contribution in [0.15, 0.2) is 82.6 Å². The Balaban J connectivity index is 2.12. The van der Waals surface area contributed by atoms with Gasteiger partial charge >= 0.3 is 0 Å². The number of carbonyl (C=O) groups excluding carboxylic acids is 2. The Morgan fingerprint density at radius 3 is 2.14 bits per heavy atom. The van der Waals surface area contributed by atoms with Crippen LogP contribution in [0.5, 0.6) is 11.5 Å². The first-order valence-corrected chi connectivity index (χ1v) is 17.1. The van der Waals surface area contributed by atoms with Gasteiger partial charge in [-0.25, -0.2) is 8.42 Å². The molecule has 0 heterocycles. The molecule has 1 N–H and O–H groups in total. The first kappa shape index (κ1) is 34.8. The van der Waals surface area contributed by atoms with Crippen molar-refractivity contribution in [1.29, 1.82) is 0 Å². The predicted octanol–water partition coefficient (Wildman–Crippen LogP) is 5.73. The number of para-hydroxylation sites is 2. The SMILES string of the molecule is CCOc1ccccc1N(CC(=O)N(Cc1ccc(OC)cc1)[C@H](CC)C(=O)NC(C)(C)C)S(=O)(=O)c1ccc(SC)cc1. The number of nitrogens with zero attached hydrogens (tertiary/aromatic N) is 2. The number of amides is 2. The fraction of sp³-hybridized carbons (Fsp3) is 0.394. The van der Waals surface area contributed by atoms with Crippen LogP contribution in [0.25, 0.3) is 0 Å². The second-order valence-corrected chi connectivity index (χ2v) is 13.9. The van der Waals surface area contributed by atoms with E-state index in [1.54, 1.807) is 62.6 Å². The number of nitrogens with one attached hydrogen (secondary N) is 1. The van der Waals surface area contributed by atoms with Crippen molar-refractivity contribution in [3.8, 4) is 11.5 Å². The molecular weight excluding hydrogens is 599 g/mol. The van der Waals surface area contributed by atoms with Gasteiger partial charge in [0.05, 0.1) is 24.3 Å². The Bertz CT molecular complexity index is 1500. The van der Waals surface area contributed by atoms with Crippen LogP contribution in [-0.4, -0.2) is 63.2 Å². The minimum Gasteiger partial charge on any atom is -0.497 e. The molecule has 3 aromatic rings. The zero-order valence-electron chi connectivity index (χ0n) is 26.5. The van der Waals surface area contributed by atoms with Gasteiger partial charge in [-0.2, -0.15) is 0 Å². The van der Waals surface area contributed by atoms with Gasteiger partial charge in [0.1, 0.15) is 24.1 Å². The molecule has 0 saturated carbocycles. The van der Waals surface area contributed by atoms with Crippen molar-refractivity contribution in [3.63, 3.8) is 0 Å². The van der Waals surface area contributed by atoms with E-state index in [-0.39, 0.29) is 23.0 Å². The summed E-state index contributed by atoms with van der Waals surface area (Å²) in [6, 6.07) is 19.6. The largest absolute Gasteiger partial charge is 0.497 e. The van der Waals surface area contributed by atoms with Gasteiger partial charge in [-0.15, -0.1) is 11.8 Å². The number of sulfonamides is 1. The van der Waals surface area contributed by atoms with Gasteiger partial charge in [0.25, 0.3) is 10.0 Å². The number of carbonyl (C=O) groups is 2. The van der Waals surface area contributed by atoms with Crippen LogP contribution in [0.2, 0.25) is 0 Å².